The lowest BCUT2D eigenvalue weighted by Crippen LogP contribution is -2.36. The Morgan fingerprint density at radius 2 is 1.25 bits per heavy atom. The van der Waals surface area contributed by atoms with Crippen LogP contribution in [0.3, 0.4) is 0 Å². The second kappa shape index (κ2) is 6.24. The summed E-state index contributed by atoms with van der Waals surface area (Å²) in [6.45, 7) is 10.8. The van der Waals surface area contributed by atoms with Crippen LogP contribution in [-0.2, 0) is 0 Å². The summed E-state index contributed by atoms with van der Waals surface area (Å²) < 4.78 is 0. The topological polar surface area (TPSA) is 12.0 Å². The maximum Gasteiger partial charge on any atom is 0.0367 e. The molecule has 0 fully saturated rings. The van der Waals surface area contributed by atoms with Gasteiger partial charge >= 0.3 is 0 Å². The van der Waals surface area contributed by atoms with Crippen molar-refractivity contribution in [2.45, 2.75) is 26.3 Å². The molecule has 0 spiro atoms. The highest BCUT2D eigenvalue weighted by Gasteiger charge is 2.20. The molecule has 2 aromatic carbocycles. The van der Waals surface area contributed by atoms with Crippen molar-refractivity contribution in [2.24, 2.45) is 0 Å². The summed E-state index contributed by atoms with van der Waals surface area (Å²) in [7, 11) is -0.582. The third-order valence-electron chi connectivity index (χ3n) is 2.82. The van der Waals surface area contributed by atoms with E-state index in [0.29, 0.717) is 0 Å². The number of benzene rings is 2. The molecule has 0 saturated carbocycles. The summed E-state index contributed by atoms with van der Waals surface area (Å²) in [5.74, 6) is 0. The van der Waals surface area contributed by atoms with Crippen molar-refractivity contribution >= 4 is 18.5 Å². The van der Waals surface area contributed by atoms with Crippen LogP contribution in [0.15, 0.2) is 72.7 Å². The summed E-state index contributed by atoms with van der Waals surface area (Å²) >= 11 is 0. The van der Waals surface area contributed by atoms with Gasteiger partial charge in [-0.25, -0.2) is 0 Å². The first-order chi connectivity index (χ1) is 9.47. The fourth-order valence-electron chi connectivity index (χ4n) is 2.10. The molecular weight excluding hydrogens is 261 g/mol. The fourth-order valence-corrected chi connectivity index (χ4v) is 4.41. The van der Waals surface area contributed by atoms with Crippen molar-refractivity contribution in [3.63, 3.8) is 0 Å². The second-order valence-corrected chi connectivity index (χ2v) is 8.07. The standard InChI is InChI=1S/C18H22NP/c1-15(19-18(2,3)4)20(16-11-7-5-8-12-16)17-13-9-6-10-14-17/h5-14,19H,1H2,2-4H3. The minimum Gasteiger partial charge on any atom is -0.380 e. The van der Waals surface area contributed by atoms with Gasteiger partial charge in [0.2, 0.25) is 0 Å². The molecular formula is C18H22NP. The van der Waals surface area contributed by atoms with E-state index in [1.54, 1.807) is 0 Å². The van der Waals surface area contributed by atoms with Gasteiger partial charge in [-0.1, -0.05) is 67.2 Å². The van der Waals surface area contributed by atoms with Crippen LogP contribution in [-0.4, -0.2) is 5.54 Å². The highest BCUT2D eigenvalue weighted by molar-refractivity contribution is 7.76. The Morgan fingerprint density at radius 3 is 1.60 bits per heavy atom. The number of rotatable bonds is 4. The number of nitrogens with one attached hydrogen (secondary N) is 1. The predicted molar refractivity (Wildman–Crippen MR) is 91.1 cm³/mol. The van der Waals surface area contributed by atoms with E-state index in [0.717, 1.165) is 5.44 Å². The van der Waals surface area contributed by atoms with Crippen molar-refractivity contribution in [3.8, 4) is 0 Å². The van der Waals surface area contributed by atoms with Crippen molar-refractivity contribution in [2.75, 3.05) is 0 Å². The van der Waals surface area contributed by atoms with Gasteiger partial charge in [-0.3, -0.25) is 0 Å². The van der Waals surface area contributed by atoms with E-state index in [9.17, 15) is 0 Å². The maximum atomic E-state index is 4.31. The lowest BCUT2D eigenvalue weighted by Gasteiger charge is -2.29. The molecule has 0 bridgehead atoms. The maximum absolute atomic E-state index is 4.31. The first-order valence-electron chi connectivity index (χ1n) is 6.85. The highest BCUT2D eigenvalue weighted by Crippen LogP contribution is 2.40. The number of hydrogen-bond acceptors (Lipinski definition) is 1. The molecule has 0 amide bonds. The van der Waals surface area contributed by atoms with Gasteiger partial charge in [-0.2, -0.15) is 0 Å². The molecule has 0 radical (unpaired) electrons. The zero-order valence-corrected chi connectivity index (χ0v) is 13.3. The Labute approximate surface area is 123 Å². The van der Waals surface area contributed by atoms with Gasteiger partial charge in [-0.15, -0.1) is 0 Å². The minimum atomic E-state index is -0.582. The molecule has 1 N–H and O–H groups in total. The van der Waals surface area contributed by atoms with Crippen LogP contribution in [0.2, 0.25) is 0 Å². The van der Waals surface area contributed by atoms with E-state index in [-0.39, 0.29) is 5.54 Å². The van der Waals surface area contributed by atoms with E-state index in [4.69, 9.17) is 0 Å². The second-order valence-electron chi connectivity index (χ2n) is 5.83. The van der Waals surface area contributed by atoms with Crippen LogP contribution in [0.4, 0.5) is 0 Å². The zero-order valence-electron chi connectivity index (χ0n) is 12.4. The smallest absolute Gasteiger partial charge is 0.0367 e. The summed E-state index contributed by atoms with van der Waals surface area (Å²) in [6, 6.07) is 21.3. The Morgan fingerprint density at radius 1 is 0.850 bits per heavy atom. The van der Waals surface area contributed by atoms with Crippen molar-refractivity contribution in [1.29, 1.82) is 0 Å². The number of hydrogen-bond donors (Lipinski definition) is 1. The lowest BCUT2D eigenvalue weighted by atomic mass is 10.1. The van der Waals surface area contributed by atoms with Crippen molar-refractivity contribution in [1.82, 2.24) is 5.32 Å². The highest BCUT2D eigenvalue weighted by atomic mass is 31.1. The van der Waals surface area contributed by atoms with Gasteiger partial charge < -0.3 is 5.32 Å². The Hall–Kier alpha value is -1.59. The van der Waals surface area contributed by atoms with Gasteiger partial charge in [0.05, 0.1) is 0 Å². The summed E-state index contributed by atoms with van der Waals surface area (Å²) in [6.07, 6.45) is 0. The van der Waals surface area contributed by atoms with Crippen LogP contribution in [0.25, 0.3) is 0 Å². The van der Waals surface area contributed by atoms with Crippen LogP contribution in [0, 0.1) is 0 Å². The molecule has 0 aliphatic rings. The summed E-state index contributed by atoms with van der Waals surface area (Å²) in [5, 5.41) is 6.21. The molecule has 104 valence electrons. The zero-order chi connectivity index (χ0) is 14.6. The van der Waals surface area contributed by atoms with Gasteiger partial charge in [0.1, 0.15) is 0 Å². The lowest BCUT2D eigenvalue weighted by molar-refractivity contribution is 0.486. The third-order valence-corrected chi connectivity index (χ3v) is 5.10. The predicted octanol–water partition coefficient (Wildman–Crippen LogP) is 3.98. The summed E-state index contributed by atoms with van der Waals surface area (Å²) in [5.41, 5.74) is 1.13. The molecule has 2 heteroatoms. The molecule has 1 nitrogen and oxygen atoms in total. The largest absolute Gasteiger partial charge is 0.380 e. The third kappa shape index (κ3) is 3.95. The average molecular weight is 283 g/mol. The van der Waals surface area contributed by atoms with Crippen molar-refractivity contribution < 1.29 is 0 Å². The van der Waals surface area contributed by atoms with Crippen LogP contribution >= 0.6 is 7.92 Å². The molecule has 0 atom stereocenters. The normalized spacial score (nSPS) is 11.4. The van der Waals surface area contributed by atoms with E-state index in [1.165, 1.54) is 10.6 Å². The molecule has 2 rings (SSSR count). The fraction of sp³-hybridized carbons (Fsp3) is 0.222. The SMILES string of the molecule is C=C(NC(C)(C)C)P(c1ccccc1)c1ccccc1. The molecule has 0 aliphatic heterocycles. The molecule has 0 saturated heterocycles. The van der Waals surface area contributed by atoms with E-state index >= 15 is 0 Å². The Balaban J connectivity index is 2.38. The van der Waals surface area contributed by atoms with Gasteiger partial charge in [0.25, 0.3) is 0 Å². The van der Waals surface area contributed by atoms with E-state index in [2.05, 4.69) is 93.3 Å². The van der Waals surface area contributed by atoms with Gasteiger partial charge in [0, 0.05) is 18.9 Å². The average Bonchev–Trinajstić information content (AvgIpc) is 2.39. The summed E-state index contributed by atoms with van der Waals surface area (Å²) in [4.78, 5) is 0. The van der Waals surface area contributed by atoms with Crippen LogP contribution < -0.4 is 15.9 Å². The molecule has 20 heavy (non-hydrogen) atoms. The minimum absolute atomic E-state index is 0.0290. The van der Waals surface area contributed by atoms with Crippen LogP contribution in [0.1, 0.15) is 20.8 Å². The van der Waals surface area contributed by atoms with Crippen LogP contribution in [0.5, 0.6) is 0 Å². The Kier molecular flexibility index (Phi) is 4.62. The first-order valence-corrected chi connectivity index (χ1v) is 8.19. The quantitative estimate of drug-likeness (QED) is 0.837. The molecule has 2 aromatic rings. The van der Waals surface area contributed by atoms with Gasteiger partial charge in [0.15, 0.2) is 0 Å². The molecule has 0 unspecified atom stereocenters. The Bertz CT molecular complexity index is 515. The molecule has 0 aliphatic carbocycles. The van der Waals surface area contributed by atoms with E-state index < -0.39 is 7.92 Å². The van der Waals surface area contributed by atoms with Crippen molar-refractivity contribution in [3.05, 3.63) is 72.7 Å². The monoisotopic (exact) mass is 283 g/mol. The molecule has 0 heterocycles. The molecule has 0 aromatic heterocycles. The van der Waals surface area contributed by atoms with E-state index in [1.807, 2.05) is 0 Å². The first kappa shape index (κ1) is 14.8. The van der Waals surface area contributed by atoms with Gasteiger partial charge in [-0.05, 0) is 31.4 Å².